The van der Waals surface area contributed by atoms with Crippen molar-refractivity contribution in [1.29, 1.82) is 0 Å². The van der Waals surface area contributed by atoms with Crippen LogP contribution in [0.3, 0.4) is 0 Å². The van der Waals surface area contributed by atoms with Gasteiger partial charge in [-0.15, -0.1) is 0 Å². The van der Waals surface area contributed by atoms with Gasteiger partial charge in [0.25, 0.3) is 0 Å². The first-order valence-electron chi connectivity index (χ1n) is 7.49. The Hall–Kier alpha value is -2.66. The highest BCUT2D eigenvalue weighted by Gasteiger charge is 2.33. The van der Waals surface area contributed by atoms with Crippen LogP contribution in [0, 0.1) is 0 Å². The molecule has 3 rings (SSSR count). The number of carbonyl (C=O) groups is 1. The molecule has 0 N–H and O–H groups in total. The van der Waals surface area contributed by atoms with Crippen molar-refractivity contribution in [1.82, 2.24) is 0 Å². The maximum absolute atomic E-state index is 13.0. The molecule has 1 heterocycles. The van der Waals surface area contributed by atoms with E-state index >= 15 is 0 Å². The number of ketones is 1. The lowest BCUT2D eigenvalue weighted by Gasteiger charge is -2.15. The number of sulfone groups is 1. The van der Waals surface area contributed by atoms with Gasteiger partial charge in [-0.3, -0.25) is 4.79 Å². The number of hydrogen-bond acceptors (Lipinski definition) is 4. The minimum Gasteiger partial charge on any atom is -0.468 e. The Morgan fingerprint density at radius 3 is 2.08 bits per heavy atom. The van der Waals surface area contributed by atoms with Crippen molar-refractivity contribution in [2.45, 2.75) is 16.6 Å². The second kappa shape index (κ2) is 6.84. The average molecular weight is 340 g/mol. The lowest BCUT2D eigenvalue weighted by atomic mass is 10.1. The molecule has 4 nitrogen and oxygen atoms in total. The van der Waals surface area contributed by atoms with E-state index in [1.54, 1.807) is 54.6 Å². The average Bonchev–Trinajstić information content (AvgIpc) is 3.15. The molecule has 0 bridgehead atoms. The van der Waals surface area contributed by atoms with Gasteiger partial charge in [-0.1, -0.05) is 48.5 Å². The first-order chi connectivity index (χ1) is 11.6. The second-order valence-electron chi connectivity index (χ2n) is 5.36. The van der Waals surface area contributed by atoms with Gasteiger partial charge in [0, 0.05) is 12.0 Å². The molecular formula is C19H16O4S. The molecule has 0 radical (unpaired) electrons. The molecule has 0 aliphatic carbocycles. The van der Waals surface area contributed by atoms with Gasteiger partial charge in [-0.05, 0) is 24.3 Å². The number of benzene rings is 2. The van der Waals surface area contributed by atoms with E-state index in [-0.39, 0.29) is 22.9 Å². The number of hydrogen-bond donors (Lipinski definition) is 0. The van der Waals surface area contributed by atoms with Gasteiger partial charge in [0.1, 0.15) is 11.0 Å². The SMILES string of the molecule is O=C(C[C@@H](c1ccco1)S(=O)(=O)c1ccccc1)c1ccccc1. The molecule has 24 heavy (non-hydrogen) atoms. The lowest BCUT2D eigenvalue weighted by molar-refractivity contribution is 0.0978. The van der Waals surface area contributed by atoms with Gasteiger partial charge in [0.05, 0.1) is 11.2 Å². The van der Waals surface area contributed by atoms with Gasteiger partial charge in [0.2, 0.25) is 0 Å². The van der Waals surface area contributed by atoms with Crippen molar-refractivity contribution in [2.75, 3.05) is 0 Å². The predicted octanol–water partition coefficient (Wildman–Crippen LogP) is 4.07. The Labute approximate surface area is 140 Å². The summed E-state index contributed by atoms with van der Waals surface area (Å²) >= 11 is 0. The highest BCUT2D eigenvalue weighted by molar-refractivity contribution is 7.91. The smallest absolute Gasteiger partial charge is 0.188 e. The fraction of sp³-hybridized carbons (Fsp3) is 0.105. The molecule has 0 aliphatic heterocycles. The molecule has 3 aromatic rings. The Morgan fingerprint density at radius 1 is 0.875 bits per heavy atom. The highest BCUT2D eigenvalue weighted by atomic mass is 32.2. The van der Waals surface area contributed by atoms with Crippen molar-refractivity contribution in [3.05, 3.63) is 90.4 Å². The van der Waals surface area contributed by atoms with Crippen molar-refractivity contribution in [3.63, 3.8) is 0 Å². The summed E-state index contributed by atoms with van der Waals surface area (Å²) in [4.78, 5) is 12.7. The molecular weight excluding hydrogens is 324 g/mol. The second-order valence-corrected chi connectivity index (χ2v) is 7.49. The minimum absolute atomic E-state index is 0.172. The van der Waals surface area contributed by atoms with Crippen molar-refractivity contribution in [2.24, 2.45) is 0 Å². The van der Waals surface area contributed by atoms with Crippen LogP contribution in [-0.4, -0.2) is 14.2 Å². The van der Waals surface area contributed by atoms with E-state index in [0.717, 1.165) is 0 Å². The van der Waals surface area contributed by atoms with Crippen LogP contribution >= 0.6 is 0 Å². The van der Waals surface area contributed by atoms with Crippen molar-refractivity contribution in [3.8, 4) is 0 Å². The van der Waals surface area contributed by atoms with Gasteiger partial charge in [-0.25, -0.2) is 8.42 Å². The summed E-state index contributed by atoms with van der Waals surface area (Å²) in [7, 11) is -3.74. The standard InChI is InChI=1S/C19H16O4S/c20-17(15-8-3-1-4-9-15)14-19(18-12-7-13-23-18)24(21,22)16-10-5-2-6-11-16/h1-13,19H,14H2/t19-/m0/s1. The molecule has 0 aliphatic rings. The molecule has 0 spiro atoms. The van der Waals surface area contributed by atoms with Crippen molar-refractivity contribution < 1.29 is 17.6 Å². The Balaban J connectivity index is 1.98. The van der Waals surface area contributed by atoms with E-state index in [1.165, 1.54) is 18.4 Å². The fourth-order valence-corrected chi connectivity index (χ4v) is 4.20. The first kappa shape index (κ1) is 16.2. The quantitative estimate of drug-likeness (QED) is 0.635. The summed E-state index contributed by atoms with van der Waals surface area (Å²) in [5.74, 6) is 0.0274. The lowest BCUT2D eigenvalue weighted by Crippen LogP contribution is -2.17. The monoisotopic (exact) mass is 340 g/mol. The summed E-state index contributed by atoms with van der Waals surface area (Å²) in [6.45, 7) is 0. The van der Waals surface area contributed by atoms with Crippen LogP contribution in [0.4, 0.5) is 0 Å². The number of carbonyl (C=O) groups excluding carboxylic acids is 1. The van der Waals surface area contributed by atoms with Crippen LogP contribution in [-0.2, 0) is 9.84 Å². The first-order valence-corrected chi connectivity index (χ1v) is 9.04. The summed E-state index contributed by atoms with van der Waals surface area (Å²) in [5, 5.41) is -1.05. The van der Waals surface area contributed by atoms with E-state index < -0.39 is 15.1 Å². The van der Waals surface area contributed by atoms with Gasteiger partial charge in [0.15, 0.2) is 15.6 Å². The molecule has 0 unspecified atom stereocenters. The largest absolute Gasteiger partial charge is 0.468 e. The molecule has 0 saturated carbocycles. The van der Waals surface area contributed by atoms with E-state index in [9.17, 15) is 13.2 Å². The Bertz CT molecular complexity index is 899. The van der Waals surface area contributed by atoms with Crippen LogP contribution in [0.1, 0.15) is 27.8 Å². The number of Topliss-reactive ketones (excluding diaryl/α,β-unsaturated/α-hetero) is 1. The third kappa shape index (κ3) is 3.31. The molecule has 0 fully saturated rings. The van der Waals surface area contributed by atoms with E-state index in [2.05, 4.69) is 0 Å². The van der Waals surface area contributed by atoms with Crippen LogP contribution < -0.4 is 0 Å². The van der Waals surface area contributed by atoms with Crippen LogP contribution in [0.15, 0.2) is 88.4 Å². The van der Waals surface area contributed by atoms with E-state index in [1.807, 2.05) is 6.07 Å². The normalized spacial score (nSPS) is 12.7. The molecule has 0 amide bonds. The van der Waals surface area contributed by atoms with E-state index in [0.29, 0.717) is 5.56 Å². The fourth-order valence-electron chi connectivity index (χ4n) is 2.52. The zero-order valence-electron chi connectivity index (χ0n) is 12.8. The Morgan fingerprint density at radius 2 is 1.50 bits per heavy atom. The van der Waals surface area contributed by atoms with Crippen LogP contribution in [0.5, 0.6) is 0 Å². The summed E-state index contributed by atoms with van der Waals surface area (Å²) < 4.78 is 31.3. The third-order valence-corrected chi connectivity index (χ3v) is 5.85. The number of rotatable bonds is 6. The van der Waals surface area contributed by atoms with Crippen molar-refractivity contribution >= 4 is 15.6 Å². The molecule has 5 heteroatoms. The summed E-state index contributed by atoms with van der Waals surface area (Å²) in [6, 6.07) is 20.0. The molecule has 0 saturated heterocycles. The molecule has 1 atom stereocenters. The topological polar surface area (TPSA) is 64.3 Å². The maximum atomic E-state index is 13.0. The zero-order valence-corrected chi connectivity index (χ0v) is 13.6. The molecule has 1 aromatic heterocycles. The van der Waals surface area contributed by atoms with Crippen LogP contribution in [0.2, 0.25) is 0 Å². The summed E-state index contributed by atoms with van der Waals surface area (Å²) in [5.41, 5.74) is 0.484. The Kier molecular flexibility index (Phi) is 4.62. The third-order valence-electron chi connectivity index (χ3n) is 3.77. The highest BCUT2D eigenvalue weighted by Crippen LogP contribution is 2.33. The summed E-state index contributed by atoms with van der Waals surface area (Å²) in [6.07, 6.45) is 1.24. The molecule has 2 aromatic carbocycles. The predicted molar refractivity (Wildman–Crippen MR) is 90.5 cm³/mol. The zero-order chi connectivity index (χ0) is 17.0. The minimum atomic E-state index is -3.74. The van der Waals surface area contributed by atoms with Gasteiger partial charge >= 0.3 is 0 Å². The maximum Gasteiger partial charge on any atom is 0.188 e. The molecule has 122 valence electrons. The van der Waals surface area contributed by atoms with E-state index in [4.69, 9.17) is 4.42 Å². The number of furan rings is 1. The van der Waals surface area contributed by atoms with Gasteiger partial charge in [-0.2, -0.15) is 0 Å². The van der Waals surface area contributed by atoms with Gasteiger partial charge < -0.3 is 4.42 Å². The van der Waals surface area contributed by atoms with Crippen LogP contribution in [0.25, 0.3) is 0 Å².